The Hall–Kier alpha value is -3.98. The topological polar surface area (TPSA) is 80.6 Å². The van der Waals surface area contributed by atoms with Gasteiger partial charge in [0, 0.05) is 11.3 Å². The van der Waals surface area contributed by atoms with Crippen molar-refractivity contribution in [2.24, 2.45) is 0 Å². The average molecular weight is 416 g/mol. The van der Waals surface area contributed by atoms with Crippen molar-refractivity contribution in [2.75, 3.05) is 19.5 Å². The van der Waals surface area contributed by atoms with Gasteiger partial charge in [-0.25, -0.2) is 0 Å². The lowest BCUT2D eigenvalue weighted by Crippen LogP contribution is -2.16. The first-order chi connectivity index (χ1) is 15.1. The van der Waals surface area contributed by atoms with Gasteiger partial charge in [-0.05, 0) is 41.5 Å². The second kappa shape index (κ2) is 10.7. The number of rotatable bonds is 9. The molecule has 0 saturated carbocycles. The molecule has 31 heavy (non-hydrogen) atoms. The third-order valence-corrected chi connectivity index (χ3v) is 4.70. The summed E-state index contributed by atoms with van der Waals surface area (Å²) < 4.78 is 16.4. The number of hydrogen-bond acceptors (Lipinski definition) is 5. The van der Waals surface area contributed by atoms with Crippen LogP contribution in [0.4, 0.5) is 5.69 Å². The molecule has 0 heterocycles. The number of amides is 1. The van der Waals surface area contributed by atoms with Crippen LogP contribution >= 0.6 is 0 Å². The summed E-state index contributed by atoms with van der Waals surface area (Å²) in [5, 5.41) is 11.7. The van der Waals surface area contributed by atoms with Gasteiger partial charge in [0.05, 0.1) is 33.1 Å². The minimum atomic E-state index is -0.138. The molecule has 3 aromatic rings. The van der Waals surface area contributed by atoms with Crippen LogP contribution in [0.3, 0.4) is 0 Å². The fourth-order valence-electron chi connectivity index (χ4n) is 3.09. The predicted molar refractivity (Wildman–Crippen MR) is 118 cm³/mol. The van der Waals surface area contributed by atoms with Crippen molar-refractivity contribution >= 4 is 11.6 Å². The number of nitriles is 1. The van der Waals surface area contributed by atoms with Crippen LogP contribution in [0.5, 0.6) is 17.2 Å². The summed E-state index contributed by atoms with van der Waals surface area (Å²) in [6.07, 6.45) is 0.575. The standard InChI is InChI=1S/C25H24N2O4/c1-29-23-12-9-19(15-24(23)30-2)16-25(28)27-22-6-4-3-5-20(22)17-31-21-10-7-18(8-11-21)13-14-26/h3-12,15H,13,16-17H2,1-2H3,(H,27,28). The van der Waals surface area contributed by atoms with E-state index in [1.165, 1.54) is 0 Å². The molecule has 1 N–H and O–H groups in total. The van der Waals surface area contributed by atoms with Gasteiger partial charge in [0.25, 0.3) is 0 Å². The van der Waals surface area contributed by atoms with Crippen molar-refractivity contribution in [3.05, 3.63) is 83.4 Å². The first-order valence-corrected chi connectivity index (χ1v) is 9.80. The van der Waals surface area contributed by atoms with Gasteiger partial charge in [0.2, 0.25) is 5.91 Å². The molecular weight excluding hydrogens is 392 g/mol. The molecule has 3 aromatic carbocycles. The Balaban J connectivity index is 1.63. The molecule has 158 valence electrons. The smallest absolute Gasteiger partial charge is 0.228 e. The average Bonchev–Trinajstić information content (AvgIpc) is 2.79. The van der Waals surface area contributed by atoms with Crippen molar-refractivity contribution in [1.29, 1.82) is 5.26 Å². The highest BCUT2D eigenvalue weighted by Crippen LogP contribution is 2.28. The normalized spacial score (nSPS) is 10.1. The van der Waals surface area contributed by atoms with Crippen LogP contribution in [0, 0.1) is 11.3 Å². The molecule has 0 aromatic heterocycles. The van der Waals surface area contributed by atoms with Crippen molar-refractivity contribution in [3.8, 4) is 23.3 Å². The Kier molecular flexibility index (Phi) is 7.50. The molecule has 1 amide bonds. The maximum Gasteiger partial charge on any atom is 0.228 e. The summed E-state index contributed by atoms with van der Waals surface area (Å²) in [6.45, 7) is 0.310. The summed E-state index contributed by atoms with van der Waals surface area (Å²) in [6, 6.07) is 22.5. The summed E-state index contributed by atoms with van der Waals surface area (Å²) in [7, 11) is 3.14. The molecule has 0 spiro atoms. The number of nitrogens with zero attached hydrogens (tertiary/aromatic N) is 1. The molecule has 0 atom stereocenters. The predicted octanol–water partition coefficient (Wildman–Crippen LogP) is 4.53. The highest BCUT2D eigenvalue weighted by Gasteiger charge is 2.11. The number of para-hydroxylation sites is 1. The number of nitrogens with one attached hydrogen (secondary N) is 1. The monoisotopic (exact) mass is 416 g/mol. The van der Waals surface area contributed by atoms with E-state index < -0.39 is 0 Å². The number of benzene rings is 3. The zero-order chi connectivity index (χ0) is 22.1. The van der Waals surface area contributed by atoms with Crippen LogP contribution in [-0.2, 0) is 24.2 Å². The van der Waals surface area contributed by atoms with Gasteiger partial charge in [-0.2, -0.15) is 5.26 Å². The van der Waals surface area contributed by atoms with Crippen LogP contribution < -0.4 is 19.5 Å². The summed E-state index contributed by atoms with van der Waals surface area (Å²) in [4.78, 5) is 12.6. The molecule has 6 heteroatoms. The van der Waals surface area contributed by atoms with E-state index in [1.54, 1.807) is 26.4 Å². The Bertz CT molecular complexity index is 1070. The lowest BCUT2D eigenvalue weighted by Gasteiger charge is -2.13. The van der Waals surface area contributed by atoms with E-state index in [2.05, 4.69) is 11.4 Å². The molecular formula is C25H24N2O4. The number of carbonyl (C=O) groups excluding carboxylic acids is 1. The van der Waals surface area contributed by atoms with Gasteiger partial charge in [0.1, 0.15) is 12.4 Å². The van der Waals surface area contributed by atoms with E-state index in [0.29, 0.717) is 36.0 Å². The van der Waals surface area contributed by atoms with Crippen LogP contribution in [-0.4, -0.2) is 20.1 Å². The molecule has 0 saturated heterocycles. The van der Waals surface area contributed by atoms with E-state index in [9.17, 15) is 4.79 Å². The van der Waals surface area contributed by atoms with E-state index >= 15 is 0 Å². The first-order valence-electron chi connectivity index (χ1n) is 9.80. The minimum Gasteiger partial charge on any atom is -0.493 e. The highest BCUT2D eigenvalue weighted by molar-refractivity contribution is 5.93. The quantitative estimate of drug-likeness (QED) is 0.554. The Morgan fingerprint density at radius 3 is 2.35 bits per heavy atom. The zero-order valence-corrected chi connectivity index (χ0v) is 17.6. The first kappa shape index (κ1) is 21.7. The fraction of sp³-hybridized carbons (Fsp3) is 0.200. The summed E-state index contributed by atoms with van der Waals surface area (Å²) >= 11 is 0. The largest absolute Gasteiger partial charge is 0.493 e. The third-order valence-electron chi connectivity index (χ3n) is 4.70. The highest BCUT2D eigenvalue weighted by atomic mass is 16.5. The lowest BCUT2D eigenvalue weighted by molar-refractivity contribution is -0.115. The van der Waals surface area contributed by atoms with Crippen LogP contribution in [0.2, 0.25) is 0 Å². The molecule has 0 fully saturated rings. The lowest BCUT2D eigenvalue weighted by atomic mass is 10.1. The van der Waals surface area contributed by atoms with Crippen molar-refractivity contribution in [2.45, 2.75) is 19.4 Å². The SMILES string of the molecule is COc1ccc(CC(=O)Nc2ccccc2COc2ccc(CC#N)cc2)cc1OC. The van der Waals surface area contributed by atoms with Crippen molar-refractivity contribution < 1.29 is 19.0 Å². The third kappa shape index (κ3) is 6.00. The fourth-order valence-corrected chi connectivity index (χ4v) is 3.09. The maximum absolute atomic E-state index is 12.6. The van der Waals surface area contributed by atoms with E-state index in [4.69, 9.17) is 19.5 Å². The van der Waals surface area contributed by atoms with E-state index in [-0.39, 0.29) is 12.3 Å². The van der Waals surface area contributed by atoms with E-state index in [1.807, 2.05) is 54.6 Å². The number of hydrogen-bond donors (Lipinski definition) is 1. The maximum atomic E-state index is 12.6. The number of carbonyl (C=O) groups is 1. The van der Waals surface area contributed by atoms with Gasteiger partial charge in [-0.1, -0.05) is 36.4 Å². The van der Waals surface area contributed by atoms with Crippen LogP contribution in [0.15, 0.2) is 66.7 Å². The van der Waals surface area contributed by atoms with Gasteiger partial charge in [-0.3, -0.25) is 4.79 Å². The number of methoxy groups -OCH3 is 2. The Morgan fingerprint density at radius 1 is 0.935 bits per heavy atom. The van der Waals surface area contributed by atoms with Crippen LogP contribution in [0.25, 0.3) is 0 Å². The second-order valence-electron chi connectivity index (χ2n) is 6.84. The Labute approximate surface area is 182 Å². The molecule has 0 unspecified atom stereocenters. The second-order valence-corrected chi connectivity index (χ2v) is 6.84. The van der Waals surface area contributed by atoms with E-state index in [0.717, 1.165) is 16.7 Å². The van der Waals surface area contributed by atoms with Crippen molar-refractivity contribution in [1.82, 2.24) is 0 Å². The molecule has 0 aliphatic carbocycles. The number of ether oxygens (including phenoxy) is 3. The van der Waals surface area contributed by atoms with Gasteiger partial charge in [0.15, 0.2) is 11.5 Å². The van der Waals surface area contributed by atoms with Crippen LogP contribution in [0.1, 0.15) is 16.7 Å². The molecule has 0 radical (unpaired) electrons. The molecule has 0 bridgehead atoms. The minimum absolute atomic E-state index is 0.138. The Morgan fingerprint density at radius 2 is 1.65 bits per heavy atom. The molecule has 0 aliphatic rings. The molecule has 3 rings (SSSR count). The molecule has 0 aliphatic heterocycles. The van der Waals surface area contributed by atoms with Gasteiger partial charge >= 0.3 is 0 Å². The summed E-state index contributed by atoms with van der Waals surface area (Å²) in [5.74, 6) is 1.77. The molecule has 6 nitrogen and oxygen atoms in total. The number of anilines is 1. The van der Waals surface area contributed by atoms with Gasteiger partial charge in [-0.15, -0.1) is 0 Å². The van der Waals surface area contributed by atoms with Crippen molar-refractivity contribution in [3.63, 3.8) is 0 Å². The zero-order valence-electron chi connectivity index (χ0n) is 17.6. The van der Waals surface area contributed by atoms with Gasteiger partial charge < -0.3 is 19.5 Å². The summed E-state index contributed by atoms with van der Waals surface area (Å²) in [5.41, 5.74) is 3.33.